The maximum Gasteiger partial charge on any atom is 0.230 e. The van der Waals surface area contributed by atoms with E-state index in [1.165, 1.54) is 0 Å². The first-order chi connectivity index (χ1) is 11.1. The van der Waals surface area contributed by atoms with Gasteiger partial charge in [0.1, 0.15) is 0 Å². The minimum atomic E-state index is -0.422. The number of anilines is 1. The number of hydrogen-bond donors (Lipinski definition) is 1. The number of benzene rings is 2. The molecule has 0 bridgehead atoms. The molecule has 0 radical (unpaired) electrons. The van der Waals surface area contributed by atoms with Crippen molar-refractivity contribution >= 4 is 29.1 Å². The van der Waals surface area contributed by atoms with Gasteiger partial charge in [-0.2, -0.15) is 0 Å². The van der Waals surface area contributed by atoms with E-state index in [2.05, 4.69) is 5.32 Å². The largest absolute Gasteiger partial charge is 0.338 e. The van der Waals surface area contributed by atoms with Crippen LogP contribution in [0.15, 0.2) is 54.6 Å². The van der Waals surface area contributed by atoms with Crippen molar-refractivity contribution in [1.29, 1.82) is 0 Å². The average molecular weight is 329 g/mol. The number of carbonyl (C=O) groups is 2. The molecule has 0 aromatic heterocycles. The SMILES string of the molecule is CN1C(=O)C[C@H](C(=O)Nc2cccc(Cl)c2)[C@H]1c1ccccc1. The summed E-state index contributed by atoms with van der Waals surface area (Å²) in [6, 6.07) is 16.4. The van der Waals surface area contributed by atoms with Gasteiger partial charge in [-0.3, -0.25) is 9.59 Å². The third kappa shape index (κ3) is 3.22. The Bertz CT molecular complexity index is 733. The van der Waals surface area contributed by atoms with Gasteiger partial charge >= 0.3 is 0 Å². The summed E-state index contributed by atoms with van der Waals surface area (Å²) in [5.41, 5.74) is 1.60. The number of nitrogens with one attached hydrogen (secondary N) is 1. The van der Waals surface area contributed by atoms with Crippen molar-refractivity contribution in [2.75, 3.05) is 12.4 Å². The third-order valence-corrected chi connectivity index (χ3v) is 4.39. The van der Waals surface area contributed by atoms with Crippen molar-refractivity contribution in [3.63, 3.8) is 0 Å². The zero-order valence-corrected chi connectivity index (χ0v) is 13.5. The third-order valence-electron chi connectivity index (χ3n) is 4.16. The lowest BCUT2D eigenvalue weighted by Crippen LogP contribution is -2.30. The summed E-state index contributed by atoms with van der Waals surface area (Å²) in [4.78, 5) is 26.4. The molecule has 1 fully saturated rings. The molecule has 0 spiro atoms. The fourth-order valence-electron chi connectivity index (χ4n) is 3.01. The molecule has 2 aromatic rings. The van der Waals surface area contributed by atoms with E-state index in [4.69, 9.17) is 11.6 Å². The molecule has 1 aliphatic rings. The van der Waals surface area contributed by atoms with Gasteiger partial charge in [0.2, 0.25) is 11.8 Å². The summed E-state index contributed by atoms with van der Waals surface area (Å²) >= 11 is 5.95. The smallest absolute Gasteiger partial charge is 0.230 e. The molecule has 1 aliphatic heterocycles. The predicted octanol–water partition coefficient (Wildman–Crippen LogP) is 3.50. The van der Waals surface area contributed by atoms with Gasteiger partial charge in [0.05, 0.1) is 12.0 Å². The Balaban J connectivity index is 1.84. The maximum absolute atomic E-state index is 12.7. The van der Waals surface area contributed by atoms with Crippen LogP contribution in [-0.4, -0.2) is 23.8 Å². The number of hydrogen-bond acceptors (Lipinski definition) is 2. The van der Waals surface area contributed by atoms with E-state index >= 15 is 0 Å². The Kier molecular flexibility index (Phi) is 4.35. The average Bonchev–Trinajstić information content (AvgIpc) is 2.84. The van der Waals surface area contributed by atoms with E-state index in [1.807, 2.05) is 30.3 Å². The first kappa shape index (κ1) is 15.6. The highest BCUT2D eigenvalue weighted by atomic mass is 35.5. The molecule has 1 saturated heterocycles. The van der Waals surface area contributed by atoms with E-state index in [0.29, 0.717) is 10.7 Å². The van der Waals surface area contributed by atoms with Gasteiger partial charge < -0.3 is 10.2 Å². The van der Waals surface area contributed by atoms with Crippen molar-refractivity contribution in [1.82, 2.24) is 4.90 Å². The second kappa shape index (κ2) is 6.42. The van der Waals surface area contributed by atoms with E-state index in [9.17, 15) is 9.59 Å². The second-order valence-electron chi connectivity index (χ2n) is 5.67. The molecular formula is C18H17ClN2O2. The van der Waals surface area contributed by atoms with Gasteiger partial charge in [-0.25, -0.2) is 0 Å². The Morgan fingerprint density at radius 2 is 1.91 bits per heavy atom. The molecule has 1 N–H and O–H groups in total. The maximum atomic E-state index is 12.7. The highest BCUT2D eigenvalue weighted by Crippen LogP contribution is 2.37. The van der Waals surface area contributed by atoms with Crippen LogP contribution >= 0.6 is 11.6 Å². The van der Waals surface area contributed by atoms with Crippen LogP contribution in [0.4, 0.5) is 5.69 Å². The summed E-state index contributed by atoms with van der Waals surface area (Å²) in [5.74, 6) is -0.613. The molecule has 3 rings (SSSR count). The lowest BCUT2D eigenvalue weighted by molar-refractivity contribution is -0.127. The molecule has 0 aliphatic carbocycles. The van der Waals surface area contributed by atoms with E-state index in [0.717, 1.165) is 5.56 Å². The first-order valence-electron chi connectivity index (χ1n) is 7.43. The molecule has 0 unspecified atom stereocenters. The standard InChI is InChI=1S/C18H17ClN2O2/c1-21-16(22)11-15(17(21)12-6-3-2-4-7-12)18(23)20-14-9-5-8-13(19)10-14/h2-10,15,17H,11H2,1H3,(H,20,23)/t15-,17+/m0/s1. The predicted molar refractivity (Wildman–Crippen MR) is 90.1 cm³/mol. The molecule has 2 aromatic carbocycles. The molecule has 0 saturated carbocycles. The first-order valence-corrected chi connectivity index (χ1v) is 7.81. The number of halogens is 1. The van der Waals surface area contributed by atoms with Crippen LogP contribution in [0.1, 0.15) is 18.0 Å². The van der Waals surface area contributed by atoms with Crippen LogP contribution in [0.2, 0.25) is 5.02 Å². The zero-order valence-electron chi connectivity index (χ0n) is 12.7. The molecule has 2 amide bonds. The molecule has 5 heteroatoms. The Morgan fingerprint density at radius 3 is 2.61 bits per heavy atom. The van der Waals surface area contributed by atoms with Crippen LogP contribution in [0.5, 0.6) is 0 Å². The molecule has 4 nitrogen and oxygen atoms in total. The van der Waals surface area contributed by atoms with Gasteiger partial charge in [-0.1, -0.05) is 48.0 Å². The van der Waals surface area contributed by atoms with E-state index in [-0.39, 0.29) is 24.3 Å². The second-order valence-corrected chi connectivity index (χ2v) is 6.11. The highest BCUT2D eigenvalue weighted by Gasteiger charge is 2.42. The number of rotatable bonds is 3. The molecule has 118 valence electrons. The fraction of sp³-hybridized carbons (Fsp3) is 0.222. The number of likely N-dealkylation sites (tertiary alicyclic amines) is 1. The summed E-state index contributed by atoms with van der Waals surface area (Å²) < 4.78 is 0. The van der Waals surface area contributed by atoms with Crippen molar-refractivity contribution in [3.05, 3.63) is 65.2 Å². The molecule has 23 heavy (non-hydrogen) atoms. The number of amides is 2. The molecule has 2 atom stereocenters. The van der Waals surface area contributed by atoms with E-state index in [1.54, 1.807) is 36.2 Å². The Hall–Kier alpha value is -2.33. The van der Waals surface area contributed by atoms with Crippen LogP contribution in [0.25, 0.3) is 0 Å². The lowest BCUT2D eigenvalue weighted by Gasteiger charge is -2.25. The zero-order chi connectivity index (χ0) is 16.4. The van der Waals surface area contributed by atoms with Crippen LogP contribution in [-0.2, 0) is 9.59 Å². The van der Waals surface area contributed by atoms with Gasteiger partial charge in [0.25, 0.3) is 0 Å². The van der Waals surface area contributed by atoms with Gasteiger partial charge in [0, 0.05) is 24.2 Å². The molecular weight excluding hydrogens is 312 g/mol. The van der Waals surface area contributed by atoms with Crippen LogP contribution in [0.3, 0.4) is 0 Å². The lowest BCUT2D eigenvalue weighted by atomic mass is 9.93. The van der Waals surface area contributed by atoms with Crippen molar-refractivity contribution in [2.24, 2.45) is 5.92 Å². The van der Waals surface area contributed by atoms with Gasteiger partial charge in [-0.05, 0) is 23.8 Å². The minimum absolute atomic E-state index is 0.0231. The topological polar surface area (TPSA) is 49.4 Å². The summed E-state index contributed by atoms with van der Waals surface area (Å²) in [5, 5.41) is 3.42. The Labute approximate surface area is 140 Å². The number of carbonyl (C=O) groups excluding carboxylic acids is 2. The molecule has 1 heterocycles. The van der Waals surface area contributed by atoms with Crippen LogP contribution in [0, 0.1) is 5.92 Å². The van der Waals surface area contributed by atoms with Gasteiger partial charge in [0.15, 0.2) is 0 Å². The quantitative estimate of drug-likeness (QED) is 0.937. The fourth-order valence-corrected chi connectivity index (χ4v) is 3.20. The van der Waals surface area contributed by atoms with Crippen molar-refractivity contribution in [3.8, 4) is 0 Å². The normalized spacial score (nSPS) is 20.6. The van der Waals surface area contributed by atoms with E-state index < -0.39 is 5.92 Å². The monoisotopic (exact) mass is 328 g/mol. The van der Waals surface area contributed by atoms with Crippen molar-refractivity contribution < 1.29 is 9.59 Å². The summed E-state index contributed by atoms with van der Waals surface area (Å²) in [6.45, 7) is 0. The number of nitrogens with zero attached hydrogens (tertiary/aromatic N) is 1. The summed E-state index contributed by atoms with van der Waals surface area (Å²) in [7, 11) is 1.74. The van der Waals surface area contributed by atoms with Gasteiger partial charge in [-0.15, -0.1) is 0 Å². The minimum Gasteiger partial charge on any atom is -0.338 e. The Morgan fingerprint density at radius 1 is 1.17 bits per heavy atom. The highest BCUT2D eigenvalue weighted by molar-refractivity contribution is 6.30. The van der Waals surface area contributed by atoms with Crippen LogP contribution < -0.4 is 5.32 Å². The summed E-state index contributed by atoms with van der Waals surface area (Å²) in [6.07, 6.45) is 0.211. The van der Waals surface area contributed by atoms with Crippen molar-refractivity contribution in [2.45, 2.75) is 12.5 Å².